The molecule has 96 valence electrons. The molecule has 0 bridgehead atoms. The summed E-state index contributed by atoms with van der Waals surface area (Å²) in [6.45, 7) is 0. The lowest BCUT2D eigenvalue weighted by Crippen LogP contribution is -2.43. The third-order valence-corrected chi connectivity index (χ3v) is 4.41. The number of aromatic nitrogens is 2. The molecule has 3 atom stereocenters. The second-order valence-corrected chi connectivity index (χ2v) is 5.54. The van der Waals surface area contributed by atoms with Gasteiger partial charge in [-0.05, 0) is 42.5 Å². The Morgan fingerprint density at radius 2 is 2.05 bits per heavy atom. The Morgan fingerprint density at radius 1 is 1.16 bits per heavy atom. The maximum absolute atomic E-state index is 3.98. The van der Waals surface area contributed by atoms with Gasteiger partial charge in [0.25, 0.3) is 0 Å². The largest absolute Gasteiger partial charge is 0.382 e. The van der Waals surface area contributed by atoms with Crippen molar-refractivity contribution in [2.75, 3.05) is 5.32 Å². The van der Waals surface area contributed by atoms with E-state index >= 15 is 0 Å². The van der Waals surface area contributed by atoms with Gasteiger partial charge < -0.3 is 5.32 Å². The number of H-pyrrole nitrogens is 1. The normalized spacial score (nSPS) is 27.9. The first-order valence-corrected chi connectivity index (χ1v) is 6.93. The van der Waals surface area contributed by atoms with E-state index in [-0.39, 0.29) is 0 Å². The summed E-state index contributed by atoms with van der Waals surface area (Å²) in [6, 6.07) is 11.2. The first kappa shape index (κ1) is 10.9. The van der Waals surface area contributed by atoms with Gasteiger partial charge >= 0.3 is 0 Å². The molecule has 3 unspecified atom stereocenters. The molecule has 3 nitrogen and oxygen atoms in total. The first-order valence-electron chi connectivity index (χ1n) is 6.93. The van der Waals surface area contributed by atoms with Gasteiger partial charge in [-0.3, -0.25) is 5.10 Å². The molecule has 19 heavy (non-hydrogen) atoms. The van der Waals surface area contributed by atoms with Crippen LogP contribution in [0, 0.1) is 11.8 Å². The second kappa shape index (κ2) is 4.26. The Labute approximate surface area is 112 Å². The van der Waals surface area contributed by atoms with E-state index < -0.39 is 0 Å². The number of hydrogen-bond acceptors (Lipinski definition) is 2. The number of hydrogen-bond donors (Lipinski definition) is 2. The fraction of sp³-hybridized carbons (Fsp3) is 0.312. The fourth-order valence-electron chi connectivity index (χ4n) is 3.26. The minimum atomic E-state index is 0.627. The molecule has 0 spiro atoms. The highest BCUT2D eigenvalue weighted by atomic mass is 15.1. The SMILES string of the molecule is C1=CC2C(C1)CC2Nc1ccc(-c2ccn[nH]2)cc1. The summed E-state index contributed by atoms with van der Waals surface area (Å²) < 4.78 is 0. The maximum atomic E-state index is 3.98. The van der Waals surface area contributed by atoms with Gasteiger partial charge in [0, 0.05) is 23.8 Å². The molecule has 2 aromatic rings. The monoisotopic (exact) mass is 251 g/mol. The van der Waals surface area contributed by atoms with Gasteiger partial charge in [-0.2, -0.15) is 5.10 Å². The van der Waals surface area contributed by atoms with E-state index in [1.165, 1.54) is 24.1 Å². The molecule has 1 aromatic carbocycles. The van der Waals surface area contributed by atoms with Crippen molar-refractivity contribution < 1.29 is 0 Å². The third kappa shape index (κ3) is 1.86. The topological polar surface area (TPSA) is 40.7 Å². The van der Waals surface area contributed by atoms with E-state index in [2.05, 4.69) is 51.9 Å². The van der Waals surface area contributed by atoms with Crippen molar-refractivity contribution in [2.24, 2.45) is 11.8 Å². The van der Waals surface area contributed by atoms with E-state index in [1.54, 1.807) is 6.20 Å². The number of allylic oxidation sites excluding steroid dienone is 1. The highest BCUT2D eigenvalue weighted by Gasteiger charge is 2.40. The number of benzene rings is 1. The molecule has 2 aliphatic carbocycles. The van der Waals surface area contributed by atoms with Gasteiger partial charge in [0.2, 0.25) is 0 Å². The Morgan fingerprint density at radius 3 is 2.79 bits per heavy atom. The standard InChI is InChI=1S/C16H17N3/c1-2-12-10-16(14(12)3-1)18-13-6-4-11(5-7-13)15-8-9-17-19-15/h1,3-9,12,14,16,18H,2,10H2,(H,17,19). The van der Waals surface area contributed by atoms with Crippen LogP contribution < -0.4 is 5.32 Å². The molecular formula is C16H17N3. The minimum absolute atomic E-state index is 0.627. The Balaban J connectivity index is 1.46. The summed E-state index contributed by atoms with van der Waals surface area (Å²) >= 11 is 0. The van der Waals surface area contributed by atoms with E-state index in [1.807, 2.05) is 6.07 Å². The maximum Gasteiger partial charge on any atom is 0.0650 e. The van der Waals surface area contributed by atoms with Crippen LogP contribution in [-0.4, -0.2) is 16.2 Å². The van der Waals surface area contributed by atoms with Crippen molar-refractivity contribution >= 4 is 5.69 Å². The second-order valence-electron chi connectivity index (χ2n) is 5.54. The molecule has 0 amide bonds. The van der Waals surface area contributed by atoms with Crippen molar-refractivity contribution in [3.8, 4) is 11.3 Å². The van der Waals surface area contributed by atoms with E-state index in [0.29, 0.717) is 6.04 Å². The third-order valence-electron chi connectivity index (χ3n) is 4.41. The number of nitrogens with zero attached hydrogens (tertiary/aromatic N) is 1. The number of rotatable bonds is 3. The molecule has 1 aromatic heterocycles. The molecule has 1 heterocycles. The van der Waals surface area contributed by atoms with Crippen LogP contribution in [0.1, 0.15) is 12.8 Å². The van der Waals surface area contributed by atoms with Gasteiger partial charge in [0.1, 0.15) is 0 Å². The van der Waals surface area contributed by atoms with Crippen molar-refractivity contribution in [1.82, 2.24) is 10.2 Å². The molecule has 0 saturated heterocycles. The lowest BCUT2D eigenvalue weighted by Gasteiger charge is -2.41. The van der Waals surface area contributed by atoms with Crippen LogP contribution in [-0.2, 0) is 0 Å². The zero-order valence-electron chi connectivity index (χ0n) is 10.7. The fourth-order valence-corrected chi connectivity index (χ4v) is 3.26. The summed E-state index contributed by atoms with van der Waals surface area (Å²) in [5.41, 5.74) is 3.45. The average Bonchev–Trinajstić information content (AvgIpc) is 3.06. The zero-order chi connectivity index (χ0) is 12.7. The molecule has 4 rings (SSSR count). The quantitative estimate of drug-likeness (QED) is 0.820. The number of nitrogens with one attached hydrogen (secondary N) is 2. The van der Waals surface area contributed by atoms with E-state index in [0.717, 1.165) is 17.5 Å². The van der Waals surface area contributed by atoms with Gasteiger partial charge in [0.05, 0.1) is 5.69 Å². The average molecular weight is 251 g/mol. The summed E-state index contributed by atoms with van der Waals surface area (Å²) in [4.78, 5) is 0. The van der Waals surface area contributed by atoms with Gasteiger partial charge in [-0.25, -0.2) is 0 Å². The molecule has 0 radical (unpaired) electrons. The molecular weight excluding hydrogens is 234 g/mol. The number of fused-ring (bicyclic) bond motifs is 1. The highest BCUT2D eigenvalue weighted by Crippen LogP contribution is 2.44. The Bertz CT molecular complexity index is 583. The molecule has 1 saturated carbocycles. The predicted octanol–water partition coefficient (Wildman–Crippen LogP) is 3.45. The van der Waals surface area contributed by atoms with Crippen LogP contribution >= 0.6 is 0 Å². The van der Waals surface area contributed by atoms with Crippen molar-refractivity contribution in [3.05, 3.63) is 48.7 Å². The molecule has 1 fully saturated rings. The first-order chi connectivity index (χ1) is 9.40. The van der Waals surface area contributed by atoms with Crippen LogP contribution in [0.3, 0.4) is 0 Å². The van der Waals surface area contributed by atoms with Crippen LogP contribution in [0.5, 0.6) is 0 Å². The number of anilines is 1. The van der Waals surface area contributed by atoms with Crippen LogP contribution in [0.4, 0.5) is 5.69 Å². The van der Waals surface area contributed by atoms with Gasteiger partial charge in [-0.15, -0.1) is 0 Å². The summed E-state index contributed by atoms with van der Waals surface area (Å²) in [6.07, 6.45) is 9.08. The van der Waals surface area contributed by atoms with Crippen LogP contribution in [0.25, 0.3) is 11.3 Å². The molecule has 2 aliphatic rings. The predicted molar refractivity (Wildman–Crippen MR) is 76.8 cm³/mol. The lowest BCUT2D eigenvalue weighted by molar-refractivity contribution is 0.218. The van der Waals surface area contributed by atoms with Crippen molar-refractivity contribution in [3.63, 3.8) is 0 Å². The van der Waals surface area contributed by atoms with Crippen molar-refractivity contribution in [2.45, 2.75) is 18.9 Å². The van der Waals surface area contributed by atoms with Crippen molar-refractivity contribution in [1.29, 1.82) is 0 Å². The smallest absolute Gasteiger partial charge is 0.0650 e. The summed E-state index contributed by atoms with van der Waals surface area (Å²) in [7, 11) is 0. The lowest BCUT2D eigenvalue weighted by atomic mass is 9.71. The Kier molecular flexibility index (Phi) is 2.44. The van der Waals surface area contributed by atoms with Crippen LogP contribution in [0.15, 0.2) is 48.7 Å². The van der Waals surface area contributed by atoms with Crippen LogP contribution in [0.2, 0.25) is 0 Å². The van der Waals surface area contributed by atoms with Gasteiger partial charge in [0.15, 0.2) is 0 Å². The molecule has 2 N–H and O–H groups in total. The van der Waals surface area contributed by atoms with E-state index in [4.69, 9.17) is 0 Å². The van der Waals surface area contributed by atoms with Gasteiger partial charge in [-0.1, -0.05) is 24.3 Å². The van der Waals surface area contributed by atoms with E-state index in [9.17, 15) is 0 Å². The zero-order valence-corrected chi connectivity index (χ0v) is 10.7. The molecule has 0 aliphatic heterocycles. The minimum Gasteiger partial charge on any atom is -0.382 e. The summed E-state index contributed by atoms with van der Waals surface area (Å²) in [5, 5.41) is 10.6. The number of aromatic amines is 1. The highest BCUT2D eigenvalue weighted by molar-refractivity contribution is 5.62. The Hall–Kier alpha value is -2.03. The summed E-state index contributed by atoms with van der Waals surface area (Å²) in [5.74, 6) is 1.66. The molecule has 3 heteroatoms.